The van der Waals surface area contributed by atoms with Gasteiger partial charge in [-0.05, 0) is 35.4 Å². The lowest BCUT2D eigenvalue weighted by Crippen LogP contribution is -2.51. The van der Waals surface area contributed by atoms with Crippen LogP contribution in [0.1, 0.15) is 37.7 Å². The van der Waals surface area contributed by atoms with Crippen molar-refractivity contribution in [3.8, 4) is 11.1 Å². The summed E-state index contributed by atoms with van der Waals surface area (Å²) in [5.41, 5.74) is 2.34. The molecule has 0 spiro atoms. The fourth-order valence-electron chi connectivity index (χ4n) is 4.60. The summed E-state index contributed by atoms with van der Waals surface area (Å²) < 4.78 is 0. The number of nitrogens with zero attached hydrogens (tertiary/aromatic N) is 1. The highest BCUT2D eigenvalue weighted by Gasteiger charge is 2.55. The van der Waals surface area contributed by atoms with Crippen LogP contribution in [0.2, 0.25) is 0 Å². The molecule has 1 saturated heterocycles. The van der Waals surface area contributed by atoms with E-state index in [-0.39, 0.29) is 17.8 Å². The van der Waals surface area contributed by atoms with Crippen molar-refractivity contribution in [3.63, 3.8) is 0 Å². The number of carbonyl (C=O) groups is 1. The molecule has 1 saturated carbocycles. The van der Waals surface area contributed by atoms with Gasteiger partial charge in [0.15, 0.2) is 5.96 Å². The van der Waals surface area contributed by atoms with Gasteiger partial charge in [-0.2, -0.15) is 0 Å². The third kappa shape index (κ3) is 2.52. The van der Waals surface area contributed by atoms with E-state index in [0.717, 1.165) is 42.4 Å². The number of hydrogen-bond acceptors (Lipinski definition) is 2. The summed E-state index contributed by atoms with van der Waals surface area (Å²) in [4.78, 5) is 14.9. The highest BCUT2D eigenvalue weighted by atomic mass is 16.2. The van der Waals surface area contributed by atoms with E-state index in [4.69, 9.17) is 5.41 Å². The molecule has 4 rings (SSSR count). The maximum Gasteiger partial charge on any atom is 0.259 e. The average molecular weight is 347 g/mol. The van der Waals surface area contributed by atoms with Gasteiger partial charge in [0.2, 0.25) is 0 Å². The van der Waals surface area contributed by atoms with Crippen molar-refractivity contribution < 1.29 is 4.79 Å². The minimum atomic E-state index is -0.835. The van der Waals surface area contributed by atoms with Crippen molar-refractivity contribution >= 4 is 11.9 Å². The number of nitrogens with one attached hydrogen (secondary N) is 2. The molecular formula is C22H25N3O. The van der Waals surface area contributed by atoms with Gasteiger partial charge < -0.3 is 5.32 Å². The first-order valence-corrected chi connectivity index (χ1v) is 9.44. The molecule has 1 atom stereocenters. The summed E-state index contributed by atoms with van der Waals surface area (Å²) in [6.07, 6.45) is 5.55. The first kappa shape index (κ1) is 16.8. The molecule has 0 radical (unpaired) electrons. The lowest BCUT2D eigenvalue weighted by atomic mass is 9.69. The maximum atomic E-state index is 13.4. The number of rotatable bonds is 3. The molecule has 2 aliphatic rings. The van der Waals surface area contributed by atoms with Crippen LogP contribution in [0.15, 0.2) is 54.6 Å². The van der Waals surface area contributed by atoms with E-state index in [2.05, 4.69) is 29.6 Å². The van der Waals surface area contributed by atoms with Crippen LogP contribution in [0, 0.1) is 11.3 Å². The van der Waals surface area contributed by atoms with Crippen molar-refractivity contribution in [1.82, 2.24) is 10.2 Å². The highest BCUT2D eigenvalue weighted by Crippen LogP contribution is 2.45. The summed E-state index contributed by atoms with van der Waals surface area (Å²) in [7, 11) is 1.70. The van der Waals surface area contributed by atoms with Crippen molar-refractivity contribution in [2.24, 2.45) is 5.92 Å². The first-order valence-electron chi connectivity index (χ1n) is 9.44. The Bertz CT molecular complexity index is 826. The van der Waals surface area contributed by atoms with Crippen LogP contribution in [-0.2, 0) is 10.3 Å². The van der Waals surface area contributed by atoms with Crippen LogP contribution in [0.25, 0.3) is 11.1 Å². The summed E-state index contributed by atoms with van der Waals surface area (Å²) in [5, 5.41) is 11.6. The van der Waals surface area contributed by atoms with Crippen molar-refractivity contribution in [1.29, 1.82) is 5.41 Å². The second-order valence-electron chi connectivity index (χ2n) is 7.39. The molecule has 1 aliphatic heterocycles. The molecule has 4 heteroatoms. The number of guanidine groups is 1. The van der Waals surface area contributed by atoms with Crippen LogP contribution >= 0.6 is 0 Å². The van der Waals surface area contributed by atoms with Gasteiger partial charge >= 0.3 is 0 Å². The van der Waals surface area contributed by atoms with Crippen LogP contribution in [0.5, 0.6) is 0 Å². The summed E-state index contributed by atoms with van der Waals surface area (Å²) >= 11 is 0. The lowest BCUT2D eigenvalue weighted by molar-refractivity contribution is -0.133. The van der Waals surface area contributed by atoms with Gasteiger partial charge in [-0.3, -0.25) is 15.1 Å². The first-order chi connectivity index (χ1) is 12.6. The molecule has 2 N–H and O–H groups in total. The monoisotopic (exact) mass is 347 g/mol. The van der Waals surface area contributed by atoms with Gasteiger partial charge in [-0.25, -0.2) is 0 Å². The van der Waals surface area contributed by atoms with E-state index in [9.17, 15) is 4.79 Å². The van der Waals surface area contributed by atoms with Gasteiger partial charge in [0, 0.05) is 7.05 Å². The number of carbonyl (C=O) groups excluding carboxylic acids is 1. The predicted octanol–water partition coefficient (Wildman–Crippen LogP) is 4.13. The fourth-order valence-corrected chi connectivity index (χ4v) is 4.60. The van der Waals surface area contributed by atoms with Crippen molar-refractivity contribution in [3.05, 3.63) is 60.2 Å². The van der Waals surface area contributed by atoms with Gasteiger partial charge in [0.1, 0.15) is 5.54 Å². The quantitative estimate of drug-likeness (QED) is 0.877. The Hall–Kier alpha value is -2.62. The average Bonchev–Trinajstić information content (AvgIpc) is 2.94. The van der Waals surface area contributed by atoms with E-state index in [1.807, 2.05) is 30.3 Å². The molecule has 2 aromatic carbocycles. The molecule has 1 heterocycles. The molecular weight excluding hydrogens is 322 g/mol. The van der Waals surface area contributed by atoms with Crippen molar-refractivity contribution in [2.75, 3.05) is 7.05 Å². The van der Waals surface area contributed by atoms with Gasteiger partial charge in [0.05, 0.1) is 0 Å². The number of hydrogen-bond donors (Lipinski definition) is 2. The van der Waals surface area contributed by atoms with Gasteiger partial charge in [-0.15, -0.1) is 0 Å². The molecule has 134 valence electrons. The van der Waals surface area contributed by atoms with Gasteiger partial charge in [0.25, 0.3) is 5.91 Å². The van der Waals surface area contributed by atoms with Crippen LogP contribution < -0.4 is 5.32 Å². The van der Waals surface area contributed by atoms with Crippen LogP contribution in [-0.4, -0.2) is 23.8 Å². The molecule has 4 nitrogen and oxygen atoms in total. The minimum absolute atomic E-state index is 0.00205. The zero-order chi connectivity index (χ0) is 18.1. The summed E-state index contributed by atoms with van der Waals surface area (Å²) in [6, 6.07) is 18.4. The molecule has 0 aromatic heterocycles. The Morgan fingerprint density at radius 1 is 1.00 bits per heavy atom. The van der Waals surface area contributed by atoms with Crippen LogP contribution in [0.4, 0.5) is 0 Å². The van der Waals surface area contributed by atoms with E-state index >= 15 is 0 Å². The molecule has 1 amide bonds. The molecule has 1 aliphatic carbocycles. The summed E-state index contributed by atoms with van der Waals surface area (Å²) in [6.45, 7) is 0. The van der Waals surface area contributed by atoms with E-state index in [1.165, 1.54) is 11.3 Å². The smallest absolute Gasteiger partial charge is 0.259 e. The number of benzene rings is 2. The second kappa shape index (κ2) is 6.60. The summed E-state index contributed by atoms with van der Waals surface area (Å²) in [5.74, 6) is 0.403. The third-order valence-corrected chi connectivity index (χ3v) is 5.95. The Morgan fingerprint density at radius 2 is 1.65 bits per heavy atom. The lowest BCUT2D eigenvalue weighted by Gasteiger charge is -2.39. The van der Waals surface area contributed by atoms with Crippen molar-refractivity contribution in [2.45, 2.75) is 37.6 Å². The molecule has 0 bridgehead atoms. The SMILES string of the molecule is CN1C(=N)NC(c2ccccc2-c2ccccc2)(C2CCCCC2)C1=O. The number of amides is 1. The molecule has 1 unspecified atom stereocenters. The topological polar surface area (TPSA) is 56.2 Å². The standard InChI is InChI=1S/C22H25N3O/c1-25-20(26)22(24-21(25)23,17-12-6-3-7-13-17)19-15-9-8-14-18(19)16-10-4-2-5-11-16/h2,4-5,8-11,14-15,17H,3,6-7,12-13H2,1H3,(H2,23,24). The highest BCUT2D eigenvalue weighted by molar-refractivity contribution is 6.09. The molecule has 2 aromatic rings. The van der Waals surface area contributed by atoms with Crippen LogP contribution in [0.3, 0.4) is 0 Å². The minimum Gasteiger partial charge on any atom is -0.338 e. The van der Waals surface area contributed by atoms with Gasteiger partial charge in [-0.1, -0.05) is 73.9 Å². The second-order valence-corrected chi connectivity index (χ2v) is 7.39. The molecule has 2 fully saturated rings. The third-order valence-electron chi connectivity index (χ3n) is 5.95. The van der Waals surface area contributed by atoms with E-state index in [0.29, 0.717) is 0 Å². The Balaban J connectivity index is 1.92. The molecule has 26 heavy (non-hydrogen) atoms. The Morgan fingerprint density at radius 3 is 2.31 bits per heavy atom. The van der Waals surface area contributed by atoms with E-state index < -0.39 is 5.54 Å². The number of likely N-dealkylation sites (N-methyl/N-ethyl adjacent to an activating group) is 1. The zero-order valence-electron chi connectivity index (χ0n) is 15.2. The zero-order valence-corrected chi connectivity index (χ0v) is 15.2. The Labute approximate surface area is 154 Å². The maximum absolute atomic E-state index is 13.4. The predicted molar refractivity (Wildman–Crippen MR) is 104 cm³/mol. The largest absolute Gasteiger partial charge is 0.338 e. The Kier molecular flexibility index (Phi) is 4.27. The van der Waals surface area contributed by atoms with E-state index in [1.54, 1.807) is 7.05 Å². The fraction of sp³-hybridized carbons (Fsp3) is 0.364. The normalized spacial score (nSPS) is 24.0.